The second kappa shape index (κ2) is 5.40. The smallest absolute Gasteiger partial charge is 0.0342 e. The van der Waals surface area contributed by atoms with Crippen molar-refractivity contribution in [3.63, 3.8) is 0 Å². The molecule has 2 heteroatoms. The molecule has 2 heterocycles. The second-order valence-electron chi connectivity index (χ2n) is 7.53. The van der Waals surface area contributed by atoms with Gasteiger partial charge in [0.2, 0.25) is 0 Å². The lowest BCUT2D eigenvalue weighted by Crippen LogP contribution is -2.42. The number of nitrogens with one attached hydrogen (secondary N) is 1. The Hall–Kier alpha value is -1.02. The predicted octanol–water partition coefficient (Wildman–Crippen LogP) is 4.02. The normalized spacial score (nSPS) is 27.4. The fourth-order valence-electron chi connectivity index (χ4n) is 3.66. The SMILES string of the molecule is CC(C)(C)c1ccc(NC2CCN3CCCC3C2)cc1. The van der Waals surface area contributed by atoms with Gasteiger partial charge in [-0.25, -0.2) is 0 Å². The highest BCUT2D eigenvalue weighted by atomic mass is 15.2. The maximum atomic E-state index is 3.75. The molecule has 2 nitrogen and oxygen atoms in total. The van der Waals surface area contributed by atoms with Gasteiger partial charge in [0.15, 0.2) is 0 Å². The van der Waals surface area contributed by atoms with E-state index >= 15 is 0 Å². The molecule has 2 aliphatic heterocycles. The molecule has 2 fully saturated rings. The van der Waals surface area contributed by atoms with Crippen LogP contribution >= 0.6 is 0 Å². The Morgan fingerprint density at radius 2 is 1.80 bits per heavy atom. The van der Waals surface area contributed by atoms with E-state index in [0.29, 0.717) is 6.04 Å². The second-order valence-corrected chi connectivity index (χ2v) is 7.53. The molecule has 2 saturated heterocycles. The van der Waals surface area contributed by atoms with Crippen molar-refractivity contribution in [2.75, 3.05) is 18.4 Å². The highest BCUT2D eigenvalue weighted by Gasteiger charge is 2.31. The summed E-state index contributed by atoms with van der Waals surface area (Å²) in [6, 6.07) is 10.5. The predicted molar refractivity (Wildman–Crippen MR) is 86.4 cm³/mol. The average molecular weight is 272 g/mol. The molecular weight excluding hydrogens is 244 g/mol. The Bertz CT molecular complexity index is 443. The number of rotatable bonds is 2. The zero-order valence-electron chi connectivity index (χ0n) is 13.2. The Morgan fingerprint density at radius 3 is 2.50 bits per heavy atom. The highest BCUT2D eigenvalue weighted by molar-refractivity contribution is 5.46. The zero-order chi connectivity index (χ0) is 14.2. The van der Waals surface area contributed by atoms with Crippen LogP contribution in [0.25, 0.3) is 0 Å². The molecule has 0 saturated carbocycles. The fraction of sp³-hybridized carbons (Fsp3) is 0.667. The van der Waals surface area contributed by atoms with Crippen molar-refractivity contribution in [3.05, 3.63) is 29.8 Å². The Labute approximate surface area is 123 Å². The van der Waals surface area contributed by atoms with Crippen LogP contribution < -0.4 is 5.32 Å². The third-order valence-electron chi connectivity index (χ3n) is 4.94. The Morgan fingerprint density at radius 1 is 1.05 bits per heavy atom. The van der Waals surface area contributed by atoms with Crippen LogP contribution in [0.2, 0.25) is 0 Å². The number of anilines is 1. The largest absolute Gasteiger partial charge is 0.382 e. The molecule has 3 rings (SSSR count). The van der Waals surface area contributed by atoms with Crippen molar-refractivity contribution in [2.45, 2.75) is 64.0 Å². The number of benzene rings is 1. The first kappa shape index (κ1) is 13.9. The molecule has 0 spiro atoms. The van der Waals surface area contributed by atoms with Gasteiger partial charge in [0, 0.05) is 24.3 Å². The van der Waals surface area contributed by atoms with Gasteiger partial charge in [0.25, 0.3) is 0 Å². The quantitative estimate of drug-likeness (QED) is 0.874. The molecule has 0 aliphatic carbocycles. The number of piperidine rings is 1. The highest BCUT2D eigenvalue weighted by Crippen LogP contribution is 2.29. The van der Waals surface area contributed by atoms with Crippen LogP contribution in [-0.2, 0) is 5.41 Å². The molecule has 2 atom stereocenters. The maximum absolute atomic E-state index is 3.75. The van der Waals surface area contributed by atoms with Gasteiger partial charge in [-0.3, -0.25) is 0 Å². The van der Waals surface area contributed by atoms with Gasteiger partial charge in [-0.05, 0) is 55.3 Å². The summed E-state index contributed by atoms with van der Waals surface area (Å²) < 4.78 is 0. The summed E-state index contributed by atoms with van der Waals surface area (Å²) in [5.41, 5.74) is 2.94. The fourth-order valence-corrected chi connectivity index (χ4v) is 3.66. The van der Waals surface area contributed by atoms with E-state index in [1.54, 1.807) is 0 Å². The van der Waals surface area contributed by atoms with Crippen molar-refractivity contribution in [2.24, 2.45) is 0 Å². The molecule has 20 heavy (non-hydrogen) atoms. The summed E-state index contributed by atoms with van der Waals surface area (Å²) in [4.78, 5) is 2.68. The van der Waals surface area contributed by atoms with Gasteiger partial charge < -0.3 is 10.2 Å². The number of nitrogens with zero attached hydrogens (tertiary/aromatic N) is 1. The van der Waals surface area contributed by atoms with Crippen molar-refractivity contribution >= 4 is 5.69 Å². The van der Waals surface area contributed by atoms with Crippen molar-refractivity contribution in [1.29, 1.82) is 0 Å². The van der Waals surface area contributed by atoms with Crippen molar-refractivity contribution in [1.82, 2.24) is 4.90 Å². The molecule has 1 aromatic carbocycles. The van der Waals surface area contributed by atoms with Crippen molar-refractivity contribution < 1.29 is 0 Å². The molecule has 1 N–H and O–H groups in total. The average Bonchev–Trinajstić information content (AvgIpc) is 2.86. The lowest BCUT2D eigenvalue weighted by atomic mass is 9.87. The van der Waals surface area contributed by atoms with Gasteiger partial charge in [-0.1, -0.05) is 32.9 Å². The molecule has 0 bridgehead atoms. The lowest BCUT2D eigenvalue weighted by molar-refractivity contribution is 0.188. The van der Waals surface area contributed by atoms with Crippen LogP contribution in [0.5, 0.6) is 0 Å². The number of fused-ring (bicyclic) bond motifs is 1. The molecular formula is C18H28N2. The summed E-state index contributed by atoms with van der Waals surface area (Å²) in [7, 11) is 0. The first-order valence-corrected chi connectivity index (χ1v) is 8.13. The Kier molecular flexibility index (Phi) is 3.76. The van der Waals surface area contributed by atoms with Crippen LogP contribution in [0.15, 0.2) is 24.3 Å². The molecule has 1 aromatic rings. The molecule has 0 amide bonds. The minimum Gasteiger partial charge on any atom is -0.382 e. The zero-order valence-corrected chi connectivity index (χ0v) is 13.2. The summed E-state index contributed by atoms with van der Waals surface area (Å²) in [5.74, 6) is 0. The minimum absolute atomic E-state index is 0.244. The van der Waals surface area contributed by atoms with Gasteiger partial charge >= 0.3 is 0 Å². The summed E-state index contributed by atoms with van der Waals surface area (Å²) in [6.07, 6.45) is 5.41. The summed E-state index contributed by atoms with van der Waals surface area (Å²) in [5, 5.41) is 3.75. The summed E-state index contributed by atoms with van der Waals surface area (Å²) in [6.45, 7) is 9.42. The number of hydrogen-bond acceptors (Lipinski definition) is 2. The topological polar surface area (TPSA) is 15.3 Å². The van der Waals surface area contributed by atoms with Crippen LogP contribution in [0, 0.1) is 0 Å². The van der Waals surface area contributed by atoms with Gasteiger partial charge in [-0.15, -0.1) is 0 Å². The molecule has 2 unspecified atom stereocenters. The van der Waals surface area contributed by atoms with E-state index < -0.39 is 0 Å². The van der Waals surface area contributed by atoms with E-state index in [1.807, 2.05) is 0 Å². The molecule has 0 radical (unpaired) electrons. The van der Waals surface area contributed by atoms with E-state index in [0.717, 1.165) is 6.04 Å². The van der Waals surface area contributed by atoms with Crippen LogP contribution in [0.1, 0.15) is 52.0 Å². The minimum atomic E-state index is 0.244. The maximum Gasteiger partial charge on any atom is 0.0342 e. The van der Waals surface area contributed by atoms with E-state index in [4.69, 9.17) is 0 Å². The van der Waals surface area contributed by atoms with E-state index in [-0.39, 0.29) is 5.41 Å². The van der Waals surface area contributed by atoms with E-state index in [1.165, 1.54) is 50.0 Å². The Balaban J connectivity index is 1.60. The summed E-state index contributed by atoms with van der Waals surface area (Å²) >= 11 is 0. The van der Waals surface area contributed by atoms with Crippen LogP contribution in [0.4, 0.5) is 5.69 Å². The lowest BCUT2D eigenvalue weighted by Gasteiger charge is -2.35. The van der Waals surface area contributed by atoms with Gasteiger partial charge in [-0.2, -0.15) is 0 Å². The third kappa shape index (κ3) is 3.01. The molecule has 0 aromatic heterocycles. The first-order valence-electron chi connectivity index (χ1n) is 8.13. The van der Waals surface area contributed by atoms with E-state index in [9.17, 15) is 0 Å². The van der Waals surface area contributed by atoms with E-state index in [2.05, 4.69) is 55.3 Å². The molecule has 2 aliphatic rings. The van der Waals surface area contributed by atoms with Gasteiger partial charge in [0.1, 0.15) is 0 Å². The number of hydrogen-bond donors (Lipinski definition) is 1. The monoisotopic (exact) mass is 272 g/mol. The third-order valence-corrected chi connectivity index (χ3v) is 4.94. The van der Waals surface area contributed by atoms with Crippen LogP contribution in [0.3, 0.4) is 0 Å². The standard InChI is InChI=1S/C18H28N2/c1-18(2,3)14-6-8-15(9-7-14)19-16-10-12-20-11-4-5-17(20)13-16/h6-9,16-17,19H,4-5,10-13H2,1-3H3. The van der Waals surface area contributed by atoms with Crippen molar-refractivity contribution in [3.8, 4) is 0 Å². The van der Waals surface area contributed by atoms with Gasteiger partial charge in [0.05, 0.1) is 0 Å². The first-order chi connectivity index (χ1) is 9.52. The molecule has 110 valence electrons. The van der Waals surface area contributed by atoms with Crippen LogP contribution in [-0.4, -0.2) is 30.1 Å².